The van der Waals surface area contributed by atoms with E-state index < -0.39 is 0 Å². The monoisotopic (exact) mass is 435 g/mol. The minimum atomic E-state index is -0.0472. The van der Waals surface area contributed by atoms with E-state index in [4.69, 9.17) is 34.6 Å². The Bertz CT molecular complexity index is 1370. The number of nitrogens with zero attached hydrogens (tertiary/aromatic N) is 5. The van der Waals surface area contributed by atoms with Crippen LogP contribution in [0.15, 0.2) is 68.5 Å². The maximum atomic E-state index is 8.94. The molecule has 160 valence electrons. The molecular weight excluding hydrogens is 418 g/mol. The molecule has 0 unspecified atom stereocenters. The van der Waals surface area contributed by atoms with Crippen LogP contribution in [0, 0.1) is 45.3 Å². The Morgan fingerprint density at radius 2 is 1.42 bits per heavy atom. The maximum absolute atomic E-state index is 8.94. The van der Waals surface area contributed by atoms with Gasteiger partial charge in [0.1, 0.15) is 46.9 Å². The Kier molecular flexibility index (Phi) is 7.45. The summed E-state index contributed by atoms with van der Waals surface area (Å²) in [5.74, 6) is 2.14. The molecule has 0 fully saturated rings. The Hall–Kier alpha value is -5.02. The molecule has 0 radical (unpaired) electrons. The van der Waals surface area contributed by atoms with Gasteiger partial charge in [-0.2, -0.15) is 21.0 Å². The number of nitriles is 4. The average Bonchev–Trinajstić information content (AvgIpc) is 3.58. The van der Waals surface area contributed by atoms with E-state index in [0.717, 1.165) is 11.4 Å². The SMILES string of the molecule is COCCn1c(-c2ccc(C=C(C#N)C#N)o2)ccc1-c1ccc(/C=C/C=C(C#N)C#N)o1. The van der Waals surface area contributed by atoms with Crippen molar-refractivity contribution < 1.29 is 13.6 Å². The number of rotatable bonds is 8. The predicted molar refractivity (Wildman–Crippen MR) is 119 cm³/mol. The third-order valence-corrected chi connectivity index (χ3v) is 4.55. The highest BCUT2D eigenvalue weighted by Crippen LogP contribution is 2.32. The molecule has 0 bridgehead atoms. The van der Waals surface area contributed by atoms with Gasteiger partial charge in [-0.05, 0) is 48.6 Å². The van der Waals surface area contributed by atoms with Crippen molar-refractivity contribution in [1.29, 1.82) is 21.0 Å². The highest BCUT2D eigenvalue weighted by Gasteiger charge is 2.16. The highest BCUT2D eigenvalue weighted by atomic mass is 16.5. The van der Waals surface area contributed by atoms with Gasteiger partial charge >= 0.3 is 0 Å². The van der Waals surface area contributed by atoms with Gasteiger partial charge < -0.3 is 18.1 Å². The van der Waals surface area contributed by atoms with Gasteiger partial charge in [0, 0.05) is 19.7 Å². The molecule has 0 aromatic carbocycles. The molecule has 3 rings (SSSR count). The summed E-state index contributed by atoms with van der Waals surface area (Å²) in [6, 6.07) is 18.1. The van der Waals surface area contributed by atoms with Crippen molar-refractivity contribution >= 4 is 12.2 Å². The van der Waals surface area contributed by atoms with Crippen LogP contribution in [0.2, 0.25) is 0 Å². The fraction of sp³-hybridized carbons (Fsp3) is 0.120. The number of furan rings is 2. The number of ether oxygens (including phenoxy) is 1. The second-order valence-corrected chi connectivity index (χ2v) is 6.60. The quantitative estimate of drug-likeness (QED) is 0.356. The fourth-order valence-corrected chi connectivity index (χ4v) is 3.04. The number of allylic oxidation sites excluding steroid dienone is 4. The smallest absolute Gasteiger partial charge is 0.151 e. The van der Waals surface area contributed by atoms with Crippen LogP contribution in [-0.2, 0) is 11.3 Å². The first-order chi connectivity index (χ1) is 16.1. The molecular formula is C25H17N5O3. The summed E-state index contributed by atoms with van der Waals surface area (Å²) >= 11 is 0. The zero-order chi connectivity index (χ0) is 23.6. The number of aromatic nitrogens is 1. The molecule has 0 spiro atoms. The average molecular weight is 435 g/mol. The third-order valence-electron chi connectivity index (χ3n) is 4.55. The van der Waals surface area contributed by atoms with E-state index >= 15 is 0 Å². The van der Waals surface area contributed by atoms with Crippen LogP contribution in [0.25, 0.3) is 35.1 Å². The summed E-state index contributed by atoms with van der Waals surface area (Å²) in [4.78, 5) is 0. The zero-order valence-electron chi connectivity index (χ0n) is 17.6. The molecule has 3 heterocycles. The van der Waals surface area contributed by atoms with Crippen LogP contribution in [0.5, 0.6) is 0 Å². The van der Waals surface area contributed by atoms with Gasteiger partial charge in [0.05, 0.1) is 18.0 Å². The minimum Gasteiger partial charge on any atom is -0.455 e. The summed E-state index contributed by atoms with van der Waals surface area (Å²) in [6.45, 7) is 0.989. The number of methoxy groups -OCH3 is 1. The topological polar surface area (TPSA) is 136 Å². The van der Waals surface area contributed by atoms with Gasteiger partial charge in [0.25, 0.3) is 0 Å². The van der Waals surface area contributed by atoms with Crippen molar-refractivity contribution in [3.05, 3.63) is 71.2 Å². The van der Waals surface area contributed by atoms with Gasteiger partial charge in [0.15, 0.2) is 11.5 Å². The lowest BCUT2D eigenvalue weighted by Gasteiger charge is -2.10. The molecule has 0 saturated carbocycles. The van der Waals surface area contributed by atoms with Crippen LogP contribution in [0.1, 0.15) is 11.5 Å². The predicted octanol–water partition coefficient (Wildman–Crippen LogP) is 5.07. The van der Waals surface area contributed by atoms with Gasteiger partial charge in [0.2, 0.25) is 0 Å². The van der Waals surface area contributed by atoms with Crippen molar-refractivity contribution in [3.63, 3.8) is 0 Å². The molecule has 33 heavy (non-hydrogen) atoms. The van der Waals surface area contributed by atoms with Crippen molar-refractivity contribution in [2.24, 2.45) is 0 Å². The molecule has 0 saturated heterocycles. The molecule has 8 nitrogen and oxygen atoms in total. The first-order valence-electron chi connectivity index (χ1n) is 9.72. The lowest BCUT2D eigenvalue weighted by molar-refractivity contribution is 0.188. The van der Waals surface area contributed by atoms with Gasteiger partial charge in [-0.1, -0.05) is 6.08 Å². The molecule has 0 aliphatic heterocycles. The molecule has 0 aliphatic carbocycles. The fourth-order valence-electron chi connectivity index (χ4n) is 3.04. The first-order valence-corrected chi connectivity index (χ1v) is 9.72. The van der Waals surface area contributed by atoms with E-state index in [0.29, 0.717) is 36.2 Å². The summed E-state index contributed by atoms with van der Waals surface area (Å²) in [6.07, 6.45) is 6.04. The molecule has 0 amide bonds. The first kappa shape index (κ1) is 22.7. The minimum absolute atomic E-state index is 0.000404. The molecule has 0 atom stereocenters. The van der Waals surface area contributed by atoms with Crippen LogP contribution < -0.4 is 0 Å². The largest absolute Gasteiger partial charge is 0.455 e. The Labute approximate surface area is 190 Å². The molecule has 3 aromatic heterocycles. The lowest BCUT2D eigenvalue weighted by atomic mass is 10.2. The van der Waals surface area contributed by atoms with Crippen LogP contribution >= 0.6 is 0 Å². The second-order valence-electron chi connectivity index (χ2n) is 6.60. The molecule has 3 aromatic rings. The number of hydrogen-bond acceptors (Lipinski definition) is 7. The Balaban J connectivity index is 1.94. The van der Waals surface area contributed by atoms with E-state index in [1.807, 2.05) is 34.9 Å². The van der Waals surface area contributed by atoms with Crippen molar-refractivity contribution in [1.82, 2.24) is 4.57 Å². The van der Waals surface area contributed by atoms with E-state index in [2.05, 4.69) is 0 Å². The molecule has 0 aliphatic rings. The van der Waals surface area contributed by atoms with Crippen molar-refractivity contribution in [2.45, 2.75) is 6.54 Å². The van der Waals surface area contributed by atoms with Crippen molar-refractivity contribution in [3.8, 4) is 47.2 Å². The summed E-state index contributed by atoms with van der Waals surface area (Å²) in [5, 5.41) is 35.5. The molecule has 0 N–H and O–H groups in total. The lowest BCUT2D eigenvalue weighted by Crippen LogP contribution is -2.06. The van der Waals surface area contributed by atoms with E-state index in [9.17, 15) is 0 Å². The Morgan fingerprint density at radius 3 is 2.00 bits per heavy atom. The van der Waals surface area contributed by atoms with Crippen LogP contribution in [-0.4, -0.2) is 18.3 Å². The van der Waals surface area contributed by atoms with Gasteiger partial charge in [-0.15, -0.1) is 0 Å². The summed E-state index contributed by atoms with van der Waals surface area (Å²) in [5.41, 5.74) is 1.53. The van der Waals surface area contributed by atoms with E-state index in [-0.39, 0.29) is 11.1 Å². The number of hydrogen-bond donors (Lipinski definition) is 0. The molecule has 8 heteroatoms. The summed E-state index contributed by atoms with van der Waals surface area (Å²) < 4.78 is 19.0. The van der Waals surface area contributed by atoms with Gasteiger partial charge in [-0.25, -0.2) is 0 Å². The van der Waals surface area contributed by atoms with E-state index in [1.165, 1.54) is 12.2 Å². The van der Waals surface area contributed by atoms with Crippen LogP contribution in [0.3, 0.4) is 0 Å². The second kappa shape index (κ2) is 10.8. The van der Waals surface area contributed by atoms with E-state index in [1.54, 1.807) is 49.6 Å². The van der Waals surface area contributed by atoms with Crippen LogP contribution in [0.4, 0.5) is 0 Å². The normalized spacial score (nSPS) is 10.1. The van der Waals surface area contributed by atoms with Crippen molar-refractivity contribution in [2.75, 3.05) is 13.7 Å². The maximum Gasteiger partial charge on any atom is 0.151 e. The zero-order valence-corrected chi connectivity index (χ0v) is 17.6. The summed E-state index contributed by atoms with van der Waals surface area (Å²) in [7, 11) is 1.62. The highest BCUT2D eigenvalue weighted by molar-refractivity contribution is 5.67. The standard InChI is InChI=1S/C25H17N5O3/c1-31-12-11-30-22(24-9-5-20(32-24)4-2-3-18(14-26)15-27)7-8-23(30)25-10-6-21(33-25)13-19(16-28)17-29/h2-10,13H,11-12H2,1H3/b4-2+. The third kappa shape index (κ3) is 5.37. The van der Waals surface area contributed by atoms with Gasteiger partial charge in [-0.3, -0.25) is 0 Å². The Morgan fingerprint density at radius 1 is 0.848 bits per heavy atom.